The van der Waals surface area contributed by atoms with Gasteiger partial charge in [-0.25, -0.2) is 0 Å². The van der Waals surface area contributed by atoms with Crippen molar-refractivity contribution in [3.05, 3.63) is 35.4 Å². The van der Waals surface area contributed by atoms with Crippen LogP contribution >= 0.6 is 0 Å². The number of morpholine rings is 1. The molecule has 2 saturated heterocycles. The molecule has 2 amide bonds. The molecule has 4 rings (SSSR count). The van der Waals surface area contributed by atoms with Crippen LogP contribution in [0.4, 0.5) is 0 Å². The Morgan fingerprint density at radius 3 is 2.67 bits per heavy atom. The number of fused-ring (bicyclic) bond motifs is 1. The summed E-state index contributed by atoms with van der Waals surface area (Å²) in [6.07, 6.45) is 0.973. The molecule has 1 aromatic rings. The van der Waals surface area contributed by atoms with E-state index in [1.807, 2.05) is 4.90 Å². The minimum absolute atomic E-state index is 0.0443. The number of carbonyl (C=O) groups is 2. The molecule has 1 atom stereocenters. The fourth-order valence-corrected chi connectivity index (χ4v) is 4.19. The second-order valence-electron chi connectivity index (χ2n) is 7.47. The van der Waals surface area contributed by atoms with Crippen LogP contribution in [-0.2, 0) is 27.3 Å². The van der Waals surface area contributed by atoms with E-state index in [0.717, 1.165) is 26.1 Å². The zero-order valence-corrected chi connectivity index (χ0v) is 15.7. The van der Waals surface area contributed by atoms with Gasteiger partial charge in [-0.1, -0.05) is 24.3 Å². The summed E-state index contributed by atoms with van der Waals surface area (Å²) in [6.45, 7) is 6.30. The Bertz CT molecular complexity index is 690. The summed E-state index contributed by atoms with van der Waals surface area (Å²) in [5.41, 5.74) is 2.68. The SMILES string of the molecule is O=C([C@H]1CNCCN1C(=O)CN1CCc2ccccc2C1)N1CCOCC1. The minimum atomic E-state index is -0.401. The van der Waals surface area contributed by atoms with Crippen LogP contribution in [0.15, 0.2) is 24.3 Å². The summed E-state index contributed by atoms with van der Waals surface area (Å²) in [4.78, 5) is 31.8. The molecule has 0 bridgehead atoms. The highest BCUT2D eigenvalue weighted by atomic mass is 16.5. The molecule has 0 aliphatic carbocycles. The summed E-state index contributed by atoms with van der Waals surface area (Å²) in [5.74, 6) is 0.102. The number of amides is 2. The first-order valence-electron chi connectivity index (χ1n) is 9.88. The monoisotopic (exact) mass is 372 g/mol. The number of rotatable bonds is 3. The number of piperazine rings is 1. The molecular formula is C20H28N4O3. The Morgan fingerprint density at radius 2 is 1.85 bits per heavy atom. The normalized spacial score (nSPS) is 23.8. The van der Waals surface area contributed by atoms with Crippen molar-refractivity contribution >= 4 is 11.8 Å². The summed E-state index contributed by atoms with van der Waals surface area (Å²) < 4.78 is 5.34. The molecule has 1 N–H and O–H groups in total. The van der Waals surface area contributed by atoms with Crippen LogP contribution in [0.5, 0.6) is 0 Å². The molecule has 0 radical (unpaired) electrons. The minimum Gasteiger partial charge on any atom is -0.378 e. The Labute approximate surface area is 160 Å². The first-order valence-corrected chi connectivity index (χ1v) is 9.88. The van der Waals surface area contributed by atoms with Crippen LogP contribution in [-0.4, -0.2) is 91.6 Å². The van der Waals surface area contributed by atoms with Gasteiger partial charge in [-0.3, -0.25) is 14.5 Å². The maximum absolute atomic E-state index is 13.0. The predicted octanol–water partition coefficient (Wildman–Crippen LogP) is -0.296. The fourth-order valence-electron chi connectivity index (χ4n) is 4.19. The van der Waals surface area contributed by atoms with E-state index in [9.17, 15) is 9.59 Å². The Kier molecular flexibility index (Phi) is 5.71. The van der Waals surface area contributed by atoms with E-state index in [2.05, 4.69) is 34.5 Å². The average Bonchev–Trinajstić information content (AvgIpc) is 2.73. The van der Waals surface area contributed by atoms with Gasteiger partial charge in [0.05, 0.1) is 19.8 Å². The highest BCUT2D eigenvalue weighted by Crippen LogP contribution is 2.19. The van der Waals surface area contributed by atoms with E-state index in [4.69, 9.17) is 4.74 Å². The van der Waals surface area contributed by atoms with Crippen LogP contribution < -0.4 is 5.32 Å². The molecule has 7 nitrogen and oxygen atoms in total. The average molecular weight is 372 g/mol. The fraction of sp³-hybridized carbons (Fsp3) is 0.600. The third kappa shape index (κ3) is 4.15. The predicted molar refractivity (Wildman–Crippen MR) is 101 cm³/mol. The zero-order chi connectivity index (χ0) is 18.6. The number of nitrogens with one attached hydrogen (secondary N) is 1. The smallest absolute Gasteiger partial charge is 0.246 e. The van der Waals surface area contributed by atoms with E-state index >= 15 is 0 Å². The lowest BCUT2D eigenvalue weighted by Gasteiger charge is -2.40. The molecule has 146 valence electrons. The largest absolute Gasteiger partial charge is 0.378 e. The molecule has 3 heterocycles. The third-order valence-corrected chi connectivity index (χ3v) is 5.74. The quantitative estimate of drug-likeness (QED) is 0.790. The van der Waals surface area contributed by atoms with Crippen LogP contribution in [0, 0.1) is 0 Å². The summed E-state index contributed by atoms with van der Waals surface area (Å²) in [5, 5.41) is 3.27. The molecule has 27 heavy (non-hydrogen) atoms. The topological polar surface area (TPSA) is 65.1 Å². The Hall–Kier alpha value is -1.96. The van der Waals surface area contributed by atoms with Crippen molar-refractivity contribution in [2.24, 2.45) is 0 Å². The van der Waals surface area contributed by atoms with Gasteiger partial charge >= 0.3 is 0 Å². The van der Waals surface area contributed by atoms with E-state index in [1.54, 1.807) is 4.90 Å². The molecule has 0 unspecified atom stereocenters. The van der Waals surface area contributed by atoms with Crippen LogP contribution in [0.25, 0.3) is 0 Å². The van der Waals surface area contributed by atoms with Crippen LogP contribution in [0.2, 0.25) is 0 Å². The first kappa shape index (κ1) is 18.4. The van der Waals surface area contributed by atoms with Gasteiger partial charge in [0.15, 0.2) is 0 Å². The lowest BCUT2D eigenvalue weighted by molar-refractivity contribution is -0.150. The van der Waals surface area contributed by atoms with Crippen molar-refractivity contribution in [2.75, 3.05) is 59.0 Å². The van der Waals surface area contributed by atoms with Crippen molar-refractivity contribution in [3.8, 4) is 0 Å². The molecule has 1 aromatic carbocycles. The highest BCUT2D eigenvalue weighted by Gasteiger charge is 2.35. The van der Waals surface area contributed by atoms with Crippen molar-refractivity contribution in [2.45, 2.75) is 19.0 Å². The van der Waals surface area contributed by atoms with E-state index in [-0.39, 0.29) is 11.8 Å². The maximum Gasteiger partial charge on any atom is 0.246 e. The molecule has 7 heteroatoms. The Morgan fingerprint density at radius 1 is 1.07 bits per heavy atom. The molecule has 0 saturated carbocycles. The molecule has 0 spiro atoms. The second-order valence-corrected chi connectivity index (χ2v) is 7.47. The van der Waals surface area contributed by atoms with Crippen molar-refractivity contribution in [3.63, 3.8) is 0 Å². The number of benzene rings is 1. The summed E-state index contributed by atoms with van der Waals surface area (Å²) >= 11 is 0. The lowest BCUT2D eigenvalue weighted by Crippen LogP contribution is -2.62. The van der Waals surface area contributed by atoms with Crippen LogP contribution in [0.1, 0.15) is 11.1 Å². The van der Waals surface area contributed by atoms with Gasteiger partial charge < -0.3 is 19.9 Å². The number of ether oxygens (including phenoxy) is 1. The zero-order valence-electron chi connectivity index (χ0n) is 15.7. The number of carbonyl (C=O) groups excluding carboxylic acids is 2. The highest BCUT2D eigenvalue weighted by molar-refractivity contribution is 5.89. The standard InChI is InChI=1S/C20H28N4O3/c25-19(15-22-7-5-16-3-1-2-4-17(16)14-22)24-8-6-21-13-18(24)20(26)23-9-11-27-12-10-23/h1-4,18,21H,5-15H2/t18-/m1/s1. The molecular weight excluding hydrogens is 344 g/mol. The second kappa shape index (κ2) is 8.37. The number of hydrogen-bond acceptors (Lipinski definition) is 5. The van der Waals surface area contributed by atoms with Gasteiger partial charge in [-0.05, 0) is 17.5 Å². The first-order chi connectivity index (χ1) is 13.2. The van der Waals surface area contributed by atoms with Gasteiger partial charge in [0.25, 0.3) is 0 Å². The number of hydrogen-bond donors (Lipinski definition) is 1. The van der Waals surface area contributed by atoms with E-state index < -0.39 is 6.04 Å². The lowest BCUT2D eigenvalue weighted by atomic mass is 10.00. The molecule has 3 aliphatic rings. The third-order valence-electron chi connectivity index (χ3n) is 5.74. The van der Waals surface area contributed by atoms with Gasteiger partial charge in [-0.2, -0.15) is 0 Å². The van der Waals surface area contributed by atoms with Gasteiger partial charge in [0.2, 0.25) is 11.8 Å². The van der Waals surface area contributed by atoms with Gasteiger partial charge in [0.1, 0.15) is 6.04 Å². The number of nitrogens with zero attached hydrogens (tertiary/aromatic N) is 3. The van der Waals surface area contributed by atoms with E-state index in [1.165, 1.54) is 11.1 Å². The summed E-state index contributed by atoms with van der Waals surface area (Å²) in [6, 6.07) is 8.03. The van der Waals surface area contributed by atoms with Crippen molar-refractivity contribution in [1.29, 1.82) is 0 Å². The molecule has 3 aliphatic heterocycles. The van der Waals surface area contributed by atoms with Gasteiger partial charge in [0, 0.05) is 45.8 Å². The van der Waals surface area contributed by atoms with Crippen molar-refractivity contribution in [1.82, 2.24) is 20.0 Å². The van der Waals surface area contributed by atoms with Crippen LogP contribution in [0.3, 0.4) is 0 Å². The van der Waals surface area contributed by atoms with E-state index in [0.29, 0.717) is 45.9 Å². The maximum atomic E-state index is 13.0. The summed E-state index contributed by atoms with van der Waals surface area (Å²) in [7, 11) is 0. The Balaban J connectivity index is 1.39. The molecule has 2 fully saturated rings. The van der Waals surface area contributed by atoms with Gasteiger partial charge in [-0.15, -0.1) is 0 Å². The molecule has 0 aromatic heterocycles. The van der Waals surface area contributed by atoms with Crippen molar-refractivity contribution < 1.29 is 14.3 Å².